The van der Waals surface area contributed by atoms with Gasteiger partial charge in [-0.3, -0.25) is 14.5 Å². The van der Waals surface area contributed by atoms with Gasteiger partial charge >= 0.3 is 0 Å². The molecule has 2 aliphatic heterocycles. The molecular formula is C23H37N3O3. The Hall–Kier alpha value is -1.92. The molecule has 1 N–H and O–H groups in total. The molecule has 1 unspecified atom stereocenters. The summed E-state index contributed by atoms with van der Waals surface area (Å²) in [4.78, 5) is 27.1. The van der Waals surface area contributed by atoms with E-state index in [0.29, 0.717) is 11.8 Å². The standard InChI is InChI=1S/C22H35N3O.CH2O2/c1-22(2,3)20-8-5-18(6-9-20)16-24-11-13-25(14-12-24)17-19-7-10-21(26)23(4)15-19;2-1-3/h5-6,8-9,19H,7,10-17H2,1-4H3;1H,(H,2,3). The van der Waals surface area contributed by atoms with Gasteiger partial charge in [-0.25, -0.2) is 0 Å². The van der Waals surface area contributed by atoms with Gasteiger partial charge in [0.25, 0.3) is 6.47 Å². The van der Waals surface area contributed by atoms with E-state index in [1.807, 2.05) is 11.9 Å². The molecule has 1 aromatic rings. The topological polar surface area (TPSA) is 64.1 Å². The number of carbonyl (C=O) groups is 2. The van der Waals surface area contributed by atoms with Crippen LogP contribution >= 0.6 is 0 Å². The van der Waals surface area contributed by atoms with Crippen LogP contribution in [-0.4, -0.2) is 78.5 Å². The minimum absolute atomic E-state index is 0.224. The van der Waals surface area contributed by atoms with Crippen molar-refractivity contribution in [3.8, 4) is 0 Å². The van der Waals surface area contributed by atoms with E-state index in [4.69, 9.17) is 9.90 Å². The number of hydrogen-bond donors (Lipinski definition) is 1. The van der Waals surface area contributed by atoms with Crippen molar-refractivity contribution < 1.29 is 14.7 Å². The predicted molar refractivity (Wildman–Crippen MR) is 116 cm³/mol. The second-order valence-corrected chi connectivity index (χ2v) is 9.31. The van der Waals surface area contributed by atoms with Crippen molar-refractivity contribution in [1.29, 1.82) is 0 Å². The third kappa shape index (κ3) is 7.44. The number of piperazine rings is 1. The lowest BCUT2D eigenvalue weighted by molar-refractivity contribution is -0.133. The molecule has 0 spiro atoms. The zero-order valence-corrected chi connectivity index (χ0v) is 18.4. The fourth-order valence-corrected chi connectivity index (χ4v) is 4.11. The number of carboxylic acid groups (broad SMARTS) is 1. The summed E-state index contributed by atoms with van der Waals surface area (Å²) in [6.07, 6.45) is 1.79. The molecule has 162 valence electrons. The van der Waals surface area contributed by atoms with Crippen LogP contribution in [0.2, 0.25) is 0 Å². The van der Waals surface area contributed by atoms with E-state index in [2.05, 4.69) is 54.8 Å². The molecule has 0 aromatic heterocycles. The molecule has 2 heterocycles. The van der Waals surface area contributed by atoms with E-state index < -0.39 is 0 Å². The lowest BCUT2D eigenvalue weighted by Crippen LogP contribution is -2.49. The number of carbonyl (C=O) groups excluding carboxylic acids is 1. The number of piperidine rings is 1. The van der Waals surface area contributed by atoms with Gasteiger partial charge in [0.15, 0.2) is 0 Å². The Kier molecular flexibility index (Phi) is 8.65. The predicted octanol–water partition coefficient (Wildman–Crippen LogP) is 2.67. The zero-order chi connectivity index (χ0) is 21.4. The van der Waals surface area contributed by atoms with Crippen LogP contribution in [0, 0.1) is 5.92 Å². The average molecular weight is 404 g/mol. The van der Waals surface area contributed by atoms with Crippen molar-refractivity contribution in [2.75, 3.05) is 46.3 Å². The quantitative estimate of drug-likeness (QED) is 0.783. The summed E-state index contributed by atoms with van der Waals surface area (Å²) in [5.74, 6) is 0.956. The first kappa shape index (κ1) is 23.4. The number of nitrogens with zero attached hydrogens (tertiary/aromatic N) is 3. The van der Waals surface area contributed by atoms with Gasteiger partial charge in [0, 0.05) is 59.3 Å². The number of amides is 1. The molecular weight excluding hydrogens is 366 g/mol. The van der Waals surface area contributed by atoms with Crippen LogP contribution in [0.1, 0.15) is 44.7 Å². The molecule has 1 amide bonds. The summed E-state index contributed by atoms with van der Waals surface area (Å²) in [6.45, 7) is 14.3. The van der Waals surface area contributed by atoms with Crippen LogP contribution in [0.25, 0.3) is 0 Å². The maximum atomic E-state index is 11.6. The van der Waals surface area contributed by atoms with E-state index in [1.54, 1.807) is 0 Å². The molecule has 0 saturated carbocycles. The molecule has 0 aliphatic carbocycles. The Morgan fingerprint density at radius 1 is 1.07 bits per heavy atom. The lowest BCUT2D eigenvalue weighted by Gasteiger charge is -2.38. The first-order chi connectivity index (χ1) is 13.7. The van der Waals surface area contributed by atoms with Crippen LogP contribution in [-0.2, 0) is 21.5 Å². The van der Waals surface area contributed by atoms with Crippen LogP contribution < -0.4 is 0 Å². The van der Waals surface area contributed by atoms with Crippen LogP contribution in [0.15, 0.2) is 24.3 Å². The van der Waals surface area contributed by atoms with Crippen molar-refractivity contribution in [2.45, 2.75) is 45.6 Å². The first-order valence-corrected chi connectivity index (χ1v) is 10.6. The summed E-state index contributed by atoms with van der Waals surface area (Å²) in [6, 6.07) is 9.16. The minimum atomic E-state index is -0.250. The highest BCUT2D eigenvalue weighted by atomic mass is 16.3. The van der Waals surface area contributed by atoms with Gasteiger partial charge < -0.3 is 14.9 Å². The molecule has 29 heavy (non-hydrogen) atoms. The van der Waals surface area contributed by atoms with Crippen molar-refractivity contribution in [1.82, 2.24) is 14.7 Å². The Bertz CT molecular complexity index is 646. The summed E-state index contributed by atoms with van der Waals surface area (Å²) >= 11 is 0. The molecule has 2 aliphatic rings. The Morgan fingerprint density at radius 3 is 2.14 bits per heavy atom. The lowest BCUT2D eigenvalue weighted by atomic mass is 9.87. The van der Waals surface area contributed by atoms with Crippen LogP contribution in [0.4, 0.5) is 0 Å². The van der Waals surface area contributed by atoms with E-state index in [9.17, 15) is 4.79 Å². The summed E-state index contributed by atoms with van der Waals surface area (Å²) in [5.41, 5.74) is 3.04. The third-order valence-corrected chi connectivity index (χ3v) is 5.93. The number of hydrogen-bond acceptors (Lipinski definition) is 4. The van der Waals surface area contributed by atoms with Gasteiger partial charge in [0.2, 0.25) is 5.91 Å². The van der Waals surface area contributed by atoms with E-state index in [0.717, 1.165) is 58.7 Å². The maximum absolute atomic E-state index is 11.6. The Labute approximate surface area is 175 Å². The monoisotopic (exact) mass is 403 g/mol. The molecule has 0 radical (unpaired) electrons. The largest absolute Gasteiger partial charge is 0.483 e. The van der Waals surface area contributed by atoms with Gasteiger partial charge in [-0.15, -0.1) is 0 Å². The Balaban J connectivity index is 0.000000941. The highest BCUT2D eigenvalue weighted by molar-refractivity contribution is 5.76. The minimum Gasteiger partial charge on any atom is -0.483 e. The molecule has 2 fully saturated rings. The molecule has 0 bridgehead atoms. The van der Waals surface area contributed by atoms with Gasteiger partial charge in [-0.05, 0) is 28.9 Å². The molecule has 6 heteroatoms. The van der Waals surface area contributed by atoms with E-state index in [1.165, 1.54) is 11.1 Å². The average Bonchev–Trinajstić information content (AvgIpc) is 2.67. The van der Waals surface area contributed by atoms with Crippen molar-refractivity contribution in [3.63, 3.8) is 0 Å². The molecule has 3 rings (SSSR count). The Morgan fingerprint density at radius 2 is 1.62 bits per heavy atom. The number of rotatable bonds is 4. The van der Waals surface area contributed by atoms with Crippen molar-refractivity contribution in [3.05, 3.63) is 35.4 Å². The van der Waals surface area contributed by atoms with Gasteiger partial charge in [-0.1, -0.05) is 45.0 Å². The number of likely N-dealkylation sites (tertiary alicyclic amines) is 1. The fourth-order valence-electron chi connectivity index (χ4n) is 4.11. The van der Waals surface area contributed by atoms with Gasteiger partial charge in [0.05, 0.1) is 0 Å². The first-order valence-electron chi connectivity index (χ1n) is 10.6. The van der Waals surface area contributed by atoms with Crippen LogP contribution in [0.5, 0.6) is 0 Å². The summed E-state index contributed by atoms with van der Waals surface area (Å²) in [7, 11) is 1.94. The molecule has 6 nitrogen and oxygen atoms in total. The van der Waals surface area contributed by atoms with Crippen molar-refractivity contribution in [2.24, 2.45) is 5.92 Å². The van der Waals surface area contributed by atoms with Gasteiger partial charge in [0.1, 0.15) is 0 Å². The summed E-state index contributed by atoms with van der Waals surface area (Å²) in [5, 5.41) is 6.89. The third-order valence-electron chi connectivity index (χ3n) is 5.93. The normalized spacial score (nSPS) is 21.4. The van der Waals surface area contributed by atoms with Crippen molar-refractivity contribution >= 4 is 12.4 Å². The van der Waals surface area contributed by atoms with Gasteiger partial charge in [-0.2, -0.15) is 0 Å². The highest BCUT2D eigenvalue weighted by Gasteiger charge is 2.26. The SMILES string of the molecule is CN1CC(CN2CCN(Cc3ccc(C(C)(C)C)cc3)CC2)CCC1=O.O=CO. The molecule has 2 saturated heterocycles. The second-order valence-electron chi connectivity index (χ2n) is 9.31. The molecule has 1 atom stereocenters. The second kappa shape index (κ2) is 10.7. The maximum Gasteiger partial charge on any atom is 0.290 e. The highest BCUT2D eigenvalue weighted by Crippen LogP contribution is 2.23. The van der Waals surface area contributed by atoms with Crippen LogP contribution in [0.3, 0.4) is 0 Å². The van der Waals surface area contributed by atoms with E-state index >= 15 is 0 Å². The fraction of sp³-hybridized carbons (Fsp3) is 0.652. The number of benzene rings is 1. The summed E-state index contributed by atoms with van der Waals surface area (Å²) < 4.78 is 0. The van der Waals surface area contributed by atoms with E-state index in [-0.39, 0.29) is 11.9 Å². The zero-order valence-electron chi connectivity index (χ0n) is 18.4. The molecule has 1 aromatic carbocycles. The smallest absolute Gasteiger partial charge is 0.290 e.